The number of nitrogens with one attached hydrogen (secondary N) is 1. The van der Waals surface area contributed by atoms with Gasteiger partial charge in [0.15, 0.2) is 11.5 Å². The highest BCUT2D eigenvalue weighted by Gasteiger charge is 2.30. The van der Waals surface area contributed by atoms with Crippen LogP contribution in [0.3, 0.4) is 0 Å². The van der Waals surface area contributed by atoms with Crippen molar-refractivity contribution in [3.63, 3.8) is 0 Å². The van der Waals surface area contributed by atoms with Crippen molar-refractivity contribution in [1.29, 1.82) is 0 Å². The van der Waals surface area contributed by atoms with Crippen molar-refractivity contribution in [2.75, 3.05) is 18.9 Å². The van der Waals surface area contributed by atoms with E-state index in [1.54, 1.807) is 55.5 Å². The van der Waals surface area contributed by atoms with Crippen molar-refractivity contribution in [2.45, 2.75) is 11.8 Å². The molecule has 0 saturated heterocycles. The van der Waals surface area contributed by atoms with Crippen molar-refractivity contribution in [3.05, 3.63) is 71.2 Å². The van der Waals surface area contributed by atoms with Gasteiger partial charge in [0, 0.05) is 19.7 Å². The maximum absolute atomic E-state index is 13.2. The Labute approximate surface area is 185 Å². The number of benzene rings is 3. The predicted octanol–water partition coefficient (Wildman–Crippen LogP) is 5.13. The van der Waals surface area contributed by atoms with Gasteiger partial charge in [-0.2, -0.15) is 0 Å². The van der Waals surface area contributed by atoms with Crippen molar-refractivity contribution in [3.8, 4) is 23.0 Å². The summed E-state index contributed by atoms with van der Waals surface area (Å²) in [4.78, 5) is 12.7. The Morgan fingerprint density at radius 3 is 2.48 bits per heavy atom. The van der Waals surface area contributed by atoms with E-state index < -0.39 is 15.9 Å². The fourth-order valence-electron chi connectivity index (χ4n) is 3.04. The molecule has 1 heterocycles. The highest BCUT2D eigenvalue weighted by Crippen LogP contribution is 2.42. The summed E-state index contributed by atoms with van der Waals surface area (Å²) in [7, 11) is -2.51. The number of nitrogens with zero attached hydrogens (tertiary/aromatic N) is 1. The van der Waals surface area contributed by atoms with Crippen LogP contribution < -0.4 is 14.8 Å². The summed E-state index contributed by atoms with van der Waals surface area (Å²) < 4.78 is 39.4. The minimum atomic E-state index is -3.96. The number of sulfonamides is 1. The van der Waals surface area contributed by atoms with Crippen molar-refractivity contribution in [2.24, 2.45) is 0 Å². The number of hydrogen-bond acceptors (Lipinski definition) is 5. The first kappa shape index (κ1) is 21.2. The van der Waals surface area contributed by atoms with E-state index in [0.717, 1.165) is 0 Å². The largest absolute Gasteiger partial charge is 0.454 e. The first-order valence-corrected chi connectivity index (χ1v) is 11.3. The molecule has 9 heteroatoms. The first-order valence-electron chi connectivity index (χ1n) is 9.46. The van der Waals surface area contributed by atoms with E-state index in [-0.39, 0.29) is 34.3 Å². The van der Waals surface area contributed by atoms with Crippen LogP contribution in [-0.4, -0.2) is 32.2 Å². The average Bonchev–Trinajstić information content (AvgIpc) is 2.89. The SMILES string of the molecule is CCN(C)S(=O)(=O)c1cc2c(cc1Oc1ccccc1Cl)Oc1ccccc1NC2=O. The molecule has 0 aliphatic carbocycles. The van der Waals surface area contributed by atoms with Crippen LogP contribution in [-0.2, 0) is 10.0 Å². The highest BCUT2D eigenvalue weighted by atomic mass is 35.5. The first-order chi connectivity index (χ1) is 14.8. The Morgan fingerprint density at radius 1 is 1.03 bits per heavy atom. The molecule has 7 nitrogen and oxygen atoms in total. The molecule has 1 N–H and O–H groups in total. The van der Waals surface area contributed by atoms with Crippen molar-refractivity contribution < 1.29 is 22.7 Å². The van der Waals surface area contributed by atoms with Crippen molar-refractivity contribution >= 4 is 33.2 Å². The number of ether oxygens (including phenoxy) is 2. The van der Waals surface area contributed by atoms with Crippen LogP contribution in [0.15, 0.2) is 65.6 Å². The molecule has 4 rings (SSSR count). The van der Waals surface area contributed by atoms with Gasteiger partial charge in [0.1, 0.15) is 16.4 Å². The van der Waals surface area contributed by atoms with Gasteiger partial charge in [-0.25, -0.2) is 12.7 Å². The molecule has 0 aromatic heterocycles. The van der Waals surface area contributed by atoms with E-state index in [4.69, 9.17) is 21.1 Å². The highest BCUT2D eigenvalue weighted by molar-refractivity contribution is 7.89. The Bertz CT molecular complexity index is 1280. The lowest BCUT2D eigenvalue weighted by Crippen LogP contribution is -2.27. The quantitative estimate of drug-likeness (QED) is 0.572. The smallest absolute Gasteiger partial charge is 0.259 e. The van der Waals surface area contributed by atoms with Gasteiger partial charge in [-0.1, -0.05) is 42.8 Å². The lowest BCUT2D eigenvalue weighted by molar-refractivity contribution is 0.102. The number of halogens is 1. The zero-order valence-electron chi connectivity index (χ0n) is 16.8. The van der Waals surface area contributed by atoms with E-state index in [0.29, 0.717) is 16.5 Å². The minimum absolute atomic E-state index is 0.000619. The van der Waals surface area contributed by atoms with Crippen LogP contribution in [0.2, 0.25) is 5.02 Å². The van der Waals surface area contributed by atoms with Crippen LogP contribution in [0, 0.1) is 0 Å². The monoisotopic (exact) mass is 458 g/mol. The third kappa shape index (κ3) is 3.97. The molecule has 0 atom stereocenters. The van der Waals surface area contributed by atoms with E-state index in [1.165, 1.54) is 23.5 Å². The molecule has 31 heavy (non-hydrogen) atoms. The lowest BCUT2D eigenvalue weighted by Gasteiger charge is -2.20. The molecular weight excluding hydrogens is 440 g/mol. The molecular formula is C22H19ClN2O5S. The molecule has 1 amide bonds. The standard InChI is InChI=1S/C22H19ClN2O5S/c1-3-25(2)31(27,28)21-12-14-19(13-20(21)29-17-10-6-4-8-15(17)23)30-18-11-7-5-9-16(18)24-22(14)26/h4-13H,3H2,1-2H3,(H,24,26). The summed E-state index contributed by atoms with van der Waals surface area (Å²) in [5, 5.41) is 3.06. The Morgan fingerprint density at radius 2 is 1.74 bits per heavy atom. The number of carbonyl (C=O) groups excluding carboxylic acids is 1. The van der Waals surface area contributed by atoms with Crippen LogP contribution in [0.1, 0.15) is 17.3 Å². The molecule has 1 aliphatic heterocycles. The van der Waals surface area contributed by atoms with Crippen LogP contribution >= 0.6 is 11.6 Å². The molecule has 1 aliphatic rings. The van der Waals surface area contributed by atoms with Gasteiger partial charge in [0.25, 0.3) is 5.91 Å². The van der Waals surface area contributed by atoms with Gasteiger partial charge >= 0.3 is 0 Å². The Balaban J connectivity index is 1.92. The second-order valence-electron chi connectivity index (χ2n) is 6.80. The van der Waals surface area contributed by atoms with Gasteiger partial charge in [-0.05, 0) is 30.3 Å². The van der Waals surface area contributed by atoms with Gasteiger partial charge in [-0.3, -0.25) is 4.79 Å². The van der Waals surface area contributed by atoms with E-state index >= 15 is 0 Å². The second-order valence-corrected chi connectivity index (χ2v) is 9.22. The van der Waals surface area contributed by atoms with E-state index in [2.05, 4.69) is 5.32 Å². The fraction of sp³-hybridized carbons (Fsp3) is 0.136. The molecule has 0 unspecified atom stereocenters. The van der Waals surface area contributed by atoms with Gasteiger partial charge < -0.3 is 14.8 Å². The van der Waals surface area contributed by atoms with Crippen molar-refractivity contribution in [1.82, 2.24) is 4.31 Å². The second kappa shape index (κ2) is 8.22. The number of amides is 1. The molecule has 3 aromatic rings. The van der Waals surface area contributed by atoms with Crippen LogP contribution in [0.5, 0.6) is 23.0 Å². The molecule has 0 spiro atoms. The lowest BCUT2D eigenvalue weighted by atomic mass is 10.1. The number of anilines is 1. The number of hydrogen-bond donors (Lipinski definition) is 1. The number of para-hydroxylation sites is 3. The molecule has 0 saturated carbocycles. The molecule has 3 aromatic carbocycles. The van der Waals surface area contributed by atoms with E-state index in [1.807, 2.05) is 0 Å². The third-order valence-corrected chi connectivity index (χ3v) is 7.10. The zero-order valence-corrected chi connectivity index (χ0v) is 18.3. The topological polar surface area (TPSA) is 84.9 Å². The molecule has 0 radical (unpaired) electrons. The Hall–Kier alpha value is -3.07. The maximum atomic E-state index is 13.2. The minimum Gasteiger partial charge on any atom is -0.454 e. The van der Waals surface area contributed by atoms with Gasteiger partial charge in [-0.15, -0.1) is 0 Å². The fourth-order valence-corrected chi connectivity index (χ4v) is 4.51. The van der Waals surface area contributed by atoms with Crippen LogP contribution in [0.4, 0.5) is 5.69 Å². The zero-order chi connectivity index (χ0) is 22.2. The van der Waals surface area contributed by atoms with Gasteiger partial charge in [0.2, 0.25) is 10.0 Å². The molecule has 0 bridgehead atoms. The third-order valence-electron chi connectivity index (χ3n) is 4.84. The van der Waals surface area contributed by atoms with Crippen LogP contribution in [0.25, 0.3) is 0 Å². The predicted molar refractivity (Wildman–Crippen MR) is 118 cm³/mol. The number of fused-ring (bicyclic) bond motifs is 2. The molecule has 160 valence electrons. The van der Waals surface area contributed by atoms with Gasteiger partial charge in [0.05, 0.1) is 16.3 Å². The normalized spacial score (nSPS) is 13.0. The van der Waals surface area contributed by atoms with E-state index in [9.17, 15) is 13.2 Å². The summed E-state index contributed by atoms with van der Waals surface area (Å²) in [6.45, 7) is 1.95. The maximum Gasteiger partial charge on any atom is 0.259 e. The number of carbonyl (C=O) groups is 1. The molecule has 0 fully saturated rings. The number of rotatable bonds is 5. The summed E-state index contributed by atoms with van der Waals surface area (Å²) in [5.74, 6) is 0.388. The summed E-state index contributed by atoms with van der Waals surface area (Å²) in [6, 6.07) is 16.3. The average molecular weight is 459 g/mol. The summed E-state index contributed by atoms with van der Waals surface area (Å²) >= 11 is 6.21. The summed E-state index contributed by atoms with van der Waals surface area (Å²) in [6.07, 6.45) is 0. The summed E-state index contributed by atoms with van der Waals surface area (Å²) in [5.41, 5.74) is 0.554. The Kier molecular flexibility index (Phi) is 5.62.